The molecule has 6 aliphatic rings. The molecule has 17 rings (SSSR count). The van der Waals surface area contributed by atoms with Crippen LogP contribution in [0, 0.1) is 11.8 Å². The van der Waals surface area contributed by atoms with Crippen LogP contribution in [0.1, 0.15) is 148 Å². The Morgan fingerprint density at radius 2 is 0.750 bits per heavy atom. The SMILES string of the molecule is CC(C)(C)c1cc2c3cc4c(cc3n3c5c(-c6ccccc6)c6c7cc(C(C)(C)C)cc8c9cc%10c(cc9n(c6c(-c6ccccc6)c5c(c1)c23)c87)C(=O)C1CCC%10CC1)C(=O)C1CCC4CC1. The van der Waals surface area contributed by atoms with Crippen molar-refractivity contribution in [2.24, 2.45) is 11.8 Å². The molecule has 2 saturated carbocycles. The molecule has 4 heteroatoms. The Morgan fingerprint density at radius 3 is 1.12 bits per heavy atom. The highest BCUT2D eigenvalue weighted by atomic mass is 16.1. The molecule has 0 N–H and O–H groups in total. The molecule has 6 aliphatic carbocycles. The Labute approximate surface area is 396 Å². The van der Waals surface area contributed by atoms with Gasteiger partial charge in [-0.15, -0.1) is 0 Å². The fourth-order valence-electron chi connectivity index (χ4n) is 14.5. The van der Waals surface area contributed by atoms with E-state index in [1.165, 1.54) is 110 Å². The second-order valence-electron chi connectivity index (χ2n) is 23.7. The number of carbonyl (C=O) groups is 2. The zero-order valence-corrected chi connectivity index (χ0v) is 40.1. The number of nitrogens with zero attached hydrogens (tertiary/aromatic N) is 2. The summed E-state index contributed by atoms with van der Waals surface area (Å²) in [6.45, 7) is 14.1. The minimum atomic E-state index is -0.125. The second-order valence-corrected chi connectivity index (χ2v) is 23.7. The first-order valence-electron chi connectivity index (χ1n) is 25.6. The minimum absolute atomic E-state index is 0.110. The number of rotatable bonds is 2. The molecule has 11 aromatic rings. The van der Waals surface area contributed by atoms with Gasteiger partial charge in [0.25, 0.3) is 0 Å². The first-order valence-corrected chi connectivity index (χ1v) is 25.6. The lowest BCUT2D eigenvalue weighted by Gasteiger charge is -2.22. The maximum atomic E-state index is 14.6. The molecular weight excluding hydrogens is 829 g/mol. The molecule has 0 aliphatic heterocycles. The van der Waals surface area contributed by atoms with Crippen molar-refractivity contribution >= 4 is 87.8 Å². The van der Waals surface area contributed by atoms with Crippen LogP contribution < -0.4 is 0 Å². The number of benzene rings is 7. The Balaban J connectivity index is 1.25. The number of hydrogen-bond acceptors (Lipinski definition) is 2. The van der Waals surface area contributed by atoms with Crippen molar-refractivity contribution in [2.45, 2.75) is 116 Å². The molecule has 0 spiro atoms. The van der Waals surface area contributed by atoms with Gasteiger partial charge in [0.2, 0.25) is 0 Å². The topological polar surface area (TPSA) is 43.0 Å². The van der Waals surface area contributed by atoms with E-state index in [0.29, 0.717) is 23.4 Å². The Morgan fingerprint density at radius 1 is 0.397 bits per heavy atom. The highest BCUT2D eigenvalue weighted by molar-refractivity contribution is 6.38. The van der Waals surface area contributed by atoms with E-state index in [4.69, 9.17) is 0 Å². The number of Topliss-reactive ketones (excluding diaryl/α,β-unsaturated/α-hetero) is 2. The summed E-state index contributed by atoms with van der Waals surface area (Å²) in [5.74, 6) is 1.75. The molecule has 2 fully saturated rings. The van der Waals surface area contributed by atoms with Crippen LogP contribution in [0.5, 0.6) is 0 Å². The summed E-state index contributed by atoms with van der Waals surface area (Å²) in [5, 5.41) is 10.0. The van der Waals surface area contributed by atoms with E-state index < -0.39 is 0 Å². The number of ketones is 2. The predicted octanol–water partition coefficient (Wildman–Crippen LogP) is 16.9. The summed E-state index contributed by atoms with van der Waals surface area (Å²) >= 11 is 0. The fraction of sp³-hybridized carbons (Fsp3) is 0.312. The number of fused-ring (bicyclic) bond motifs is 16. The van der Waals surface area contributed by atoms with Crippen LogP contribution in [-0.4, -0.2) is 20.4 Å². The van der Waals surface area contributed by atoms with Crippen LogP contribution in [0.2, 0.25) is 0 Å². The molecule has 0 atom stereocenters. The van der Waals surface area contributed by atoms with E-state index in [-0.39, 0.29) is 22.7 Å². The number of hydrogen-bond donors (Lipinski definition) is 0. The van der Waals surface area contributed by atoms with E-state index in [0.717, 1.165) is 73.5 Å². The van der Waals surface area contributed by atoms with Gasteiger partial charge in [-0.3, -0.25) is 9.59 Å². The summed E-state index contributed by atoms with van der Waals surface area (Å²) < 4.78 is 5.20. The predicted molar refractivity (Wildman–Crippen MR) is 282 cm³/mol. The molecule has 0 saturated heterocycles. The normalized spacial score (nSPS) is 21.0. The summed E-state index contributed by atoms with van der Waals surface area (Å²) in [4.78, 5) is 29.3. The Hall–Kier alpha value is -6.52. The van der Waals surface area contributed by atoms with Crippen LogP contribution in [-0.2, 0) is 10.8 Å². The highest BCUT2D eigenvalue weighted by Gasteiger charge is 2.39. The van der Waals surface area contributed by atoms with Crippen molar-refractivity contribution in [2.75, 3.05) is 0 Å². The summed E-state index contributed by atoms with van der Waals surface area (Å²) in [6.07, 6.45) is 8.33. The van der Waals surface area contributed by atoms with E-state index in [1.807, 2.05) is 0 Å². The summed E-state index contributed by atoms with van der Waals surface area (Å²) in [5.41, 5.74) is 18.7. The van der Waals surface area contributed by atoms with E-state index in [1.54, 1.807) is 0 Å². The van der Waals surface area contributed by atoms with Crippen LogP contribution in [0.25, 0.3) is 98.4 Å². The van der Waals surface area contributed by atoms with Crippen molar-refractivity contribution in [3.05, 3.63) is 143 Å². The zero-order valence-electron chi connectivity index (χ0n) is 40.1. The lowest BCUT2D eigenvalue weighted by atomic mass is 9.82. The Bertz CT molecular complexity index is 3760. The van der Waals surface area contributed by atoms with Crippen molar-refractivity contribution in [1.29, 1.82) is 0 Å². The van der Waals surface area contributed by atoms with Gasteiger partial charge in [-0.1, -0.05) is 102 Å². The molecule has 0 unspecified atom stereocenters. The molecule has 68 heavy (non-hydrogen) atoms. The van der Waals surface area contributed by atoms with Crippen LogP contribution >= 0.6 is 0 Å². The lowest BCUT2D eigenvalue weighted by molar-refractivity contribution is 0.0891. The van der Waals surface area contributed by atoms with Crippen LogP contribution in [0.15, 0.2) is 109 Å². The summed E-state index contributed by atoms with van der Waals surface area (Å²) in [6, 6.07) is 41.8. The fourth-order valence-corrected chi connectivity index (χ4v) is 14.5. The van der Waals surface area contributed by atoms with Crippen molar-refractivity contribution < 1.29 is 9.59 Å². The number of aromatic nitrogens is 2. The van der Waals surface area contributed by atoms with Gasteiger partial charge in [-0.05, 0) is 156 Å². The molecule has 0 radical (unpaired) electrons. The van der Waals surface area contributed by atoms with Gasteiger partial charge in [-0.2, -0.15) is 0 Å². The van der Waals surface area contributed by atoms with E-state index in [9.17, 15) is 9.59 Å². The molecule has 4 bridgehead atoms. The first-order chi connectivity index (χ1) is 32.8. The molecule has 4 nitrogen and oxygen atoms in total. The van der Waals surface area contributed by atoms with Crippen LogP contribution in [0.3, 0.4) is 0 Å². The van der Waals surface area contributed by atoms with Gasteiger partial charge in [0.15, 0.2) is 11.6 Å². The quantitative estimate of drug-likeness (QED) is 0.174. The standard InChI is InChI=1S/C64H56N2O2/c1-63(2,3)39-25-45-43-29-41-33-17-21-37(22-18-33)61(67)47(41)31-51(43)65-57(45)49(27-39)55-53(35-13-9-7-10-14-35)60-56(54(59(55)65)36-15-11-8-12-16-36)50-28-40(64(4,5)6)26-46-44-30-42-34-19-23-38(24-20-34)62(68)48(42)32-52(44)66(60)58(46)50/h7-16,25-34,37-38H,17-24H2,1-6H3. The lowest BCUT2D eigenvalue weighted by Crippen LogP contribution is -2.15. The van der Waals surface area contributed by atoms with Gasteiger partial charge >= 0.3 is 0 Å². The van der Waals surface area contributed by atoms with Gasteiger partial charge in [-0.25, -0.2) is 0 Å². The zero-order chi connectivity index (χ0) is 45.9. The third-order valence-electron chi connectivity index (χ3n) is 18.0. The van der Waals surface area contributed by atoms with Crippen LogP contribution in [0.4, 0.5) is 0 Å². The third-order valence-corrected chi connectivity index (χ3v) is 18.0. The van der Waals surface area contributed by atoms with Crippen molar-refractivity contribution in [3.8, 4) is 22.3 Å². The summed E-state index contributed by atoms with van der Waals surface area (Å²) in [7, 11) is 0. The molecule has 334 valence electrons. The molecular formula is C64H56N2O2. The van der Waals surface area contributed by atoms with Crippen molar-refractivity contribution in [3.63, 3.8) is 0 Å². The largest absolute Gasteiger partial charge is 0.307 e. The maximum Gasteiger partial charge on any atom is 0.166 e. The first kappa shape index (κ1) is 39.5. The highest BCUT2D eigenvalue weighted by Crippen LogP contribution is 2.57. The minimum Gasteiger partial charge on any atom is -0.307 e. The monoisotopic (exact) mass is 884 g/mol. The number of carbonyl (C=O) groups excluding carboxylic acids is 2. The average molecular weight is 885 g/mol. The second kappa shape index (κ2) is 13.2. The molecule has 4 heterocycles. The molecule has 0 amide bonds. The maximum absolute atomic E-state index is 14.6. The van der Waals surface area contributed by atoms with E-state index >= 15 is 0 Å². The van der Waals surface area contributed by atoms with Gasteiger partial charge in [0, 0.05) is 77.2 Å². The Kier molecular flexibility index (Phi) is 7.64. The molecule has 7 aromatic carbocycles. The van der Waals surface area contributed by atoms with Gasteiger partial charge < -0.3 is 8.80 Å². The average Bonchev–Trinajstić information content (AvgIpc) is 3.98. The van der Waals surface area contributed by atoms with Crippen molar-refractivity contribution in [1.82, 2.24) is 8.80 Å². The third kappa shape index (κ3) is 5.01. The molecule has 4 aromatic heterocycles. The van der Waals surface area contributed by atoms with Gasteiger partial charge in [0.1, 0.15) is 0 Å². The van der Waals surface area contributed by atoms with E-state index in [2.05, 4.69) is 160 Å². The van der Waals surface area contributed by atoms with Gasteiger partial charge in [0.05, 0.1) is 33.1 Å². The smallest absolute Gasteiger partial charge is 0.166 e.